The van der Waals surface area contributed by atoms with Crippen molar-refractivity contribution in [2.24, 2.45) is 0 Å². The molecule has 1 atom stereocenters. The number of ether oxygens (including phenoxy) is 3. The van der Waals surface area contributed by atoms with Gasteiger partial charge in [-0.3, -0.25) is 4.79 Å². The van der Waals surface area contributed by atoms with Crippen molar-refractivity contribution >= 4 is 17.5 Å². The Morgan fingerprint density at radius 3 is 2.75 bits per heavy atom. The van der Waals surface area contributed by atoms with Crippen LogP contribution in [0.3, 0.4) is 0 Å². The SMILES string of the molecule is O=C(Cc1cc(Cl)c2c(c1)OCCCO2)N[C@H]1CCCOc2ccc(F)cc21. The second-order valence-corrected chi connectivity index (χ2v) is 7.33. The molecule has 2 heterocycles. The lowest BCUT2D eigenvalue weighted by molar-refractivity contribution is -0.121. The van der Waals surface area contributed by atoms with E-state index in [1.165, 1.54) is 12.1 Å². The fourth-order valence-electron chi connectivity index (χ4n) is 3.52. The molecule has 2 aliphatic heterocycles. The predicted octanol–water partition coefficient (Wildman–Crippen LogP) is 4.21. The van der Waals surface area contributed by atoms with Gasteiger partial charge in [-0.25, -0.2) is 4.39 Å². The molecule has 0 aromatic heterocycles. The van der Waals surface area contributed by atoms with Crippen molar-refractivity contribution in [3.05, 3.63) is 52.3 Å². The first kappa shape index (κ1) is 18.9. The Bertz CT molecular complexity index is 889. The molecule has 0 fully saturated rings. The van der Waals surface area contributed by atoms with Gasteiger partial charge < -0.3 is 19.5 Å². The fourth-order valence-corrected chi connectivity index (χ4v) is 3.80. The second-order valence-electron chi connectivity index (χ2n) is 6.93. The van der Waals surface area contributed by atoms with E-state index in [-0.39, 0.29) is 24.2 Å². The highest BCUT2D eigenvalue weighted by molar-refractivity contribution is 6.32. The lowest BCUT2D eigenvalue weighted by Gasteiger charge is -2.19. The van der Waals surface area contributed by atoms with Crippen molar-refractivity contribution < 1.29 is 23.4 Å². The normalized spacial score (nSPS) is 18.3. The molecular weight excluding hydrogens is 385 g/mol. The molecular formula is C21H21ClFNO4. The van der Waals surface area contributed by atoms with Gasteiger partial charge in [0.05, 0.1) is 37.3 Å². The zero-order chi connectivity index (χ0) is 19.5. The van der Waals surface area contributed by atoms with Crippen LogP contribution in [0.5, 0.6) is 17.2 Å². The number of halogens is 2. The summed E-state index contributed by atoms with van der Waals surface area (Å²) >= 11 is 6.31. The van der Waals surface area contributed by atoms with Gasteiger partial charge in [-0.2, -0.15) is 0 Å². The molecule has 7 heteroatoms. The van der Waals surface area contributed by atoms with Gasteiger partial charge >= 0.3 is 0 Å². The van der Waals surface area contributed by atoms with Crippen molar-refractivity contribution in [2.45, 2.75) is 31.7 Å². The van der Waals surface area contributed by atoms with Crippen molar-refractivity contribution in [1.29, 1.82) is 0 Å². The monoisotopic (exact) mass is 405 g/mol. The Kier molecular flexibility index (Phi) is 5.57. The highest BCUT2D eigenvalue weighted by Crippen LogP contribution is 2.38. The molecule has 4 rings (SSSR count). The van der Waals surface area contributed by atoms with Crippen LogP contribution in [-0.4, -0.2) is 25.7 Å². The molecule has 0 radical (unpaired) electrons. The molecule has 0 spiro atoms. The first-order chi connectivity index (χ1) is 13.6. The number of amides is 1. The lowest BCUT2D eigenvalue weighted by atomic mass is 10.0. The number of benzene rings is 2. The second kappa shape index (κ2) is 8.27. The minimum Gasteiger partial charge on any atom is -0.493 e. The number of hydrogen-bond donors (Lipinski definition) is 1. The Hall–Kier alpha value is -2.47. The molecule has 0 saturated carbocycles. The summed E-state index contributed by atoms with van der Waals surface area (Å²) in [5, 5.41) is 3.43. The number of nitrogens with one attached hydrogen (secondary N) is 1. The van der Waals surface area contributed by atoms with Gasteiger partial charge in [-0.1, -0.05) is 11.6 Å². The van der Waals surface area contributed by atoms with E-state index in [0.717, 1.165) is 18.4 Å². The van der Waals surface area contributed by atoms with Crippen LogP contribution in [-0.2, 0) is 11.2 Å². The smallest absolute Gasteiger partial charge is 0.224 e. The topological polar surface area (TPSA) is 56.8 Å². The maximum atomic E-state index is 13.7. The van der Waals surface area contributed by atoms with Crippen LogP contribution in [0.4, 0.5) is 4.39 Å². The third-order valence-corrected chi connectivity index (χ3v) is 5.08. The molecule has 0 aliphatic carbocycles. The highest BCUT2D eigenvalue weighted by Gasteiger charge is 2.23. The fraction of sp³-hybridized carbons (Fsp3) is 0.381. The number of rotatable bonds is 3. The summed E-state index contributed by atoms with van der Waals surface area (Å²) in [6.45, 7) is 1.64. The first-order valence-electron chi connectivity index (χ1n) is 9.40. The summed E-state index contributed by atoms with van der Waals surface area (Å²) in [5.41, 5.74) is 1.40. The van der Waals surface area contributed by atoms with Crippen LogP contribution in [0.15, 0.2) is 30.3 Å². The van der Waals surface area contributed by atoms with Crippen molar-refractivity contribution in [3.63, 3.8) is 0 Å². The molecule has 28 heavy (non-hydrogen) atoms. The van der Waals surface area contributed by atoms with Gasteiger partial charge in [0.1, 0.15) is 11.6 Å². The molecule has 2 aromatic rings. The summed E-state index contributed by atoms with van der Waals surface area (Å²) in [5.74, 6) is 1.17. The quantitative estimate of drug-likeness (QED) is 0.831. The highest BCUT2D eigenvalue weighted by atomic mass is 35.5. The Labute approximate surface area is 167 Å². The van der Waals surface area contributed by atoms with Gasteiger partial charge in [0.25, 0.3) is 0 Å². The van der Waals surface area contributed by atoms with E-state index in [1.807, 2.05) is 0 Å². The van der Waals surface area contributed by atoms with E-state index in [2.05, 4.69) is 5.32 Å². The molecule has 5 nitrogen and oxygen atoms in total. The number of carbonyl (C=O) groups is 1. The van der Waals surface area contributed by atoms with E-state index in [4.69, 9.17) is 25.8 Å². The molecule has 1 N–H and O–H groups in total. The van der Waals surface area contributed by atoms with Crippen molar-refractivity contribution in [3.8, 4) is 17.2 Å². The van der Waals surface area contributed by atoms with Crippen molar-refractivity contribution in [1.82, 2.24) is 5.32 Å². The summed E-state index contributed by atoms with van der Waals surface area (Å²) in [4.78, 5) is 12.7. The maximum Gasteiger partial charge on any atom is 0.224 e. The number of carbonyl (C=O) groups excluding carboxylic acids is 1. The summed E-state index contributed by atoms with van der Waals surface area (Å²) in [7, 11) is 0. The zero-order valence-corrected chi connectivity index (χ0v) is 16.1. The average Bonchev–Trinajstić information content (AvgIpc) is 3.01. The van der Waals surface area contributed by atoms with Crippen molar-refractivity contribution in [2.75, 3.05) is 19.8 Å². The third kappa shape index (κ3) is 4.17. The Morgan fingerprint density at radius 1 is 1.07 bits per heavy atom. The summed E-state index contributed by atoms with van der Waals surface area (Å²) in [6, 6.07) is 7.61. The van der Waals surface area contributed by atoms with Gasteiger partial charge in [0.2, 0.25) is 5.91 Å². The average molecular weight is 406 g/mol. The van der Waals surface area contributed by atoms with E-state index in [0.29, 0.717) is 54.1 Å². The van der Waals surface area contributed by atoms with Crippen LogP contribution in [0.2, 0.25) is 5.02 Å². The van der Waals surface area contributed by atoms with Crippen LogP contribution < -0.4 is 19.5 Å². The molecule has 0 unspecified atom stereocenters. The van der Waals surface area contributed by atoms with Gasteiger partial charge in [0.15, 0.2) is 11.5 Å². The van der Waals surface area contributed by atoms with E-state index in [1.54, 1.807) is 18.2 Å². The van der Waals surface area contributed by atoms with Gasteiger partial charge in [0, 0.05) is 12.0 Å². The van der Waals surface area contributed by atoms with Gasteiger partial charge in [-0.15, -0.1) is 0 Å². The first-order valence-corrected chi connectivity index (χ1v) is 9.77. The van der Waals surface area contributed by atoms with E-state index >= 15 is 0 Å². The minimum absolute atomic E-state index is 0.137. The zero-order valence-electron chi connectivity index (χ0n) is 15.3. The Morgan fingerprint density at radius 2 is 1.86 bits per heavy atom. The molecule has 2 aliphatic rings. The Balaban J connectivity index is 1.50. The standard InChI is InChI=1S/C21H21ClFNO4/c22-16-9-13(10-19-21(16)28-8-2-7-27-19)11-20(25)24-17-3-1-6-26-18-5-4-14(23)12-15(17)18/h4-5,9-10,12,17H,1-3,6-8,11H2,(H,24,25)/t17-/m0/s1. The summed E-state index contributed by atoms with van der Waals surface area (Å²) in [6.07, 6.45) is 2.38. The van der Waals surface area contributed by atoms with E-state index < -0.39 is 0 Å². The van der Waals surface area contributed by atoms with Crippen LogP contribution in [0.1, 0.15) is 36.4 Å². The van der Waals surface area contributed by atoms with Gasteiger partial charge in [-0.05, 0) is 48.7 Å². The molecule has 2 aromatic carbocycles. The molecule has 0 saturated heterocycles. The summed E-state index contributed by atoms with van der Waals surface area (Å²) < 4.78 is 30.7. The molecule has 1 amide bonds. The van der Waals surface area contributed by atoms with Crippen LogP contribution >= 0.6 is 11.6 Å². The van der Waals surface area contributed by atoms with E-state index in [9.17, 15) is 9.18 Å². The van der Waals surface area contributed by atoms with Crippen LogP contribution in [0.25, 0.3) is 0 Å². The number of hydrogen-bond acceptors (Lipinski definition) is 4. The predicted molar refractivity (Wildman–Crippen MR) is 103 cm³/mol. The molecule has 148 valence electrons. The number of fused-ring (bicyclic) bond motifs is 2. The third-order valence-electron chi connectivity index (χ3n) is 4.80. The van der Waals surface area contributed by atoms with Crippen LogP contribution in [0, 0.1) is 5.82 Å². The molecule has 0 bridgehead atoms. The maximum absolute atomic E-state index is 13.7. The largest absolute Gasteiger partial charge is 0.493 e. The lowest BCUT2D eigenvalue weighted by Crippen LogP contribution is -2.29. The minimum atomic E-state index is -0.349.